The van der Waals surface area contributed by atoms with E-state index in [4.69, 9.17) is 0 Å². The first-order valence-corrected chi connectivity index (χ1v) is 7.84. The van der Waals surface area contributed by atoms with Gasteiger partial charge in [-0.25, -0.2) is 9.97 Å². The number of aliphatic hydroxyl groups is 1. The van der Waals surface area contributed by atoms with Gasteiger partial charge in [0.25, 0.3) is 0 Å². The molecular weight excluding hydrogens is 302 g/mol. The number of aliphatic hydroxyl groups excluding tert-OH is 1. The van der Waals surface area contributed by atoms with Crippen LogP contribution in [-0.2, 0) is 0 Å². The van der Waals surface area contributed by atoms with Crippen molar-refractivity contribution in [3.05, 3.63) is 42.2 Å². The molecule has 1 atom stereocenters. The molecule has 24 heavy (non-hydrogen) atoms. The second-order valence-electron chi connectivity index (χ2n) is 6.00. The van der Waals surface area contributed by atoms with Crippen LogP contribution in [0.2, 0.25) is 0 Å². The Balaban J connectivity index is 2.06. The molecule has 3 rings (SSSR count). The first kappa shape index (κ1) is 16.0. The second kappa shape index (κ2) is 6.69. The minimum absolute atomic E-state index is 0.0255. The van der Waals surface area contributed by atoms with Crippen molar-refractivity contribution in [3.8, 4) is 17.3 Å². The molecule has 122 valence electrons. The molecule has 0 saturated carbocycles. The van der Waals surface area contributed by atoms with Crippen molar-refractivity contribution in [1.82, 2.24) is 15.0 Å². The van der Waals surface area contributed by atoms with Gasteiger partial charge in [0.2, 0.25) is 0 Å². The van der Waals surface area contributed by atoms with Crippen LogP contribution in [0, 0.1) is 17.2 Å². The van der Waals surface area contributed by atoms with E-state index in [0.717, 1.165) is 16.6 Å². The first-order valence-electron chi connectivity index (χ1n) is 7.84. The summed E-state index contributed by atoms with van der Waals surface area (Å²) in [6.45, 7) is 4.10. The van der Waals surface area contributed by atoms with Crippen LogP contribution in [0.5, 0.6) is 0 Å². The zero-order chi connectivity index (χ0) is 17.1. The molecule has 0 aliphatic carbocycles. The molecule has 3 N–H and O–H groups in total. The van der Waals surface area contributed by atoms with Gasteiger partial charge >= 0.3 is 0 Å². The van der Waals surface area contributed by atoms with Gasteiger partial charge < -0.3 is 15.4 Å². The lowest BCUT2D eigenvalue weighted by Crippen LogP contribution is -2.29. The number of nitrogens with one attached hydrogen (secondary N) is 2. The minimum Gasteiger partial charge on any atom is -0.394 e. The van der Waals surface area contributed by atoms with Crippen molar-refractivity contribution in [3.63, 3.8) is 0 Å². The molecule has 2 aromatic heterocycles. The van der Waals surface area contributed by atoms with Crippen LogP contribution in [0.25, 0.3) is 22.3 Å². The molecule has 6 heteroatoms. The Hall–Kier alpha value is -2.91. The molecule has 0 radical (unpaired) electrons. The van der Waals surface area contributed by atoms with Crippen molar-refractivity contribution >= 4 is 16.9 Å². The molecule has 0 fully saturated rings. The average molecular weight is 321 g/mol. The number of aromatic nitrogens is 3. The maximum atomic E-state index is 9.53. The van der Waals surface area contributed by atoms with Gasteiger partial charge in [-0.05, 0) is 18.1 Å². The van der Waals surface area contributed by atoms with E-state index in [2.05, 4.69) is 26.3 Å². The lowest BCUT2D eigenvalue weighted by atomic mass is 10.0. The van der Waals surface area contributed by atoms with E-state index >= 15 is 0 Å². The number of fused-ring (bicyclic) bond motifs is 1. The molecule has 0 spiro atoms. The number of benzene rings is 1. The largest absolute Gasteiger partial charge is 0.394 e. The van der Waals surface area contributed by atoms with E-state index < -0.39 is 0 Å². The fourth-order valence-corrected chi connectivity index (χ4v) is 2.61. The molecule has 1 unspecified atom stereocenters. The molecule has 6 nitrogen and oxygen atoms in total. The molecule has 0 aliphatic rings. The smallest absolute Gasteiger partial charge is 0.143 e. The number of aromatic amines is 1. The first-order chi connectivity index (χ1) is 11.6. The Labute approximate surface area is 140 Å². The summed E-state index contributed by atoms with van der Waals surface area (Å²) in [5, 5.41) is 22.9. The third-order valence-corrected chi connectivity index (χ3v) is 4.09. The summed E-state index contributed by atoms with van der Waals surface area (Å²) in [6.07, 6.45) is 1.48. The highest BCUT2D eigenvalue weighted by Gasteiger charge is 2.16. The molecule has 3 aromatic rings. The second-order valence-corrected chi connectivity index (χ2v) is 6.00. The Bertz CT molecular complexity index is 894. The van der Waals surface area contributed by atoms with Crippen LogP contribution in [0.15, 0.2) is 36.7 Å². The van der Waals surface area contributed by atoms with E-state index in [1.165, 1.54) is 6.33 Å². The summed E-state index contributed by atoms with van der Waals surface area (Å²) in [5.74, 6) is 0.933. The van der Waals surface area contributed by atoms with Gasteiger partial charge in [-0.15, -0.1) is 0 Å². The van der Waals surface area contributed by atoms with Crippen LogP contribution in [0.3, 0.4) is 0 Å². The maximum Gasteiger partial charge on any atom is 0.143 e. The van der Waals surface area contributed by atoms with Gasteiger partial charge in [0.1, 0.15) is 17.8 Å². The molecule has 0 saturated heterocycles. The van der Waals surface area contributed by atoms with E-state index in [9.17, 15) is 10.4 Å². The number of H-pyrrole nitrogens is 1. The summed E-state index contributed by atoms with van der Waals surface area (Å²) < 4.78 is 0. The van der Waals surface area contributed by atoms with Gasteiger partial charge in [-0.3, -0.25) is 0 Å². The number of rotatable bonds is 5. The van der Waals surface area contributed by atoms with Crippen molar-refractivity contribution in [2.45, 2.75) is 19.9 Å². The SMILES string of the molecule is CC(C)C(CO)Nc1ncnc2[nH]c(-c3ccccc3C#N)cc12. The van der Waals surface area contributed by atoms with Crippen LogP contribution in [0.4, 0.5) is 5.82 Å². The number of nitriles is 1. The minimum atomic E-state index is -0.0900. The van der Waals surface area contributed by atoms with Gasteiger partial charge in [0, 0.05) is 11.3 Å². The Morgan fingerprint density at radius 2 is 2.08 bits per heavy atom. The number of nitrogens with zero attached hydrogens (tertiary/aromatic N) is 3. The number of hydrogen-bond donors (Lipinski definition) is 3. The van der Waals surface area contributed by atoms with Gasteiger partial charge in [0.15, 0.2) is 0 Å². The van der Waals surface area contributed by atoms with Crippen molar-refractivity contribution in [1.29, 1.82) is 5.26 Å². The normalized spacial score (nSPS) is 12.3. The van der Waals surface area contributed by atoms with Crippen LogP contribution < -0.4 is 5.32 Å². The quantitative estimate of drug-likeness (QED) is 0.671. The Morgan fingerprint density at radius 1 is 1.29 bits per heavy atom. The van der Waals surface area contributed by atoms with Gasteiger partial charge in [-0.2, -0.15) is 5.26 Å². The Morgan fingerprint density at radius 3 is 2.79 bits per heavy atom. The van der Waals surface area contributed by atoms with Crippen LogP contribution >= 0.6 is 0 Å². The van der Waals surface area contributed by atoms with E-state index in [1.54, 1.807) is 6.07 Å². The van der Waals surface area contributed by atoms with Crippen LogP contribution in [-0.4, -0.2) is 32.7 Å². The van der Waals surface area contributed by atoms with Crippen molar-refractivity contribution in [2.24, 2.45) is 5.92 Å². The summed E-state index contributed by atoms with van der Waals surface area (Å²) in [6, 6.07) is 11.5. The monoisotopic (exact) mass is 321 g/mol. The Kier molecular flexibility index (Phi) is 4.45. The molecular formula is C18H19N5O. The average Bonchev–Trinajstić information content (AvgIpc) is 3.04. The van der Waals surface area contributed by atoms with Gasteiger partial charge in [-0.1, -0.05) is 32.0 Å². The molecule has 2 heterocycles. The fourth-order valence-electron chi connectivity index (χ4n) is 2.61. The predicted octanol–water partition coefficient (Wildman–Crippen LogP) is 2.93. The number of hydrogen-bond acceptors (Lipinski definition) is 5. The molecule has 1 aromatic carbocycles. The van der Waals surface area contributed by atoms with E-state index in [-0.39, 0.29) is 18.6 Å². The predicted molar refractivity (Wildman–Crippen MR) is 93.4 cm³/mol. The van der Waals surface area contributed by atoms with Gasteiger partial charge in [0.05, 0.1) is 29.7 Å². The highest BCUT2D eigenvalue weighted by atomic mass is 16.3. The number of anilines is 1. The molecule has 0 aliphatic heterocycles. The zero-order valence-electron chi connectivity index (χ0n) is 13.6. The summed E-state index contributed by atoms with van der Waals surface area (Å²) >= 11 is 0. The molecule has 0 amide bonds. The summed E-state index contributed by atoms with van der Waals surface area (Å²) in [7, 11) is 0. The lowest BCUT2D eigenvalue weighted by Gasteiger charge is -2.20. The third kappa shape index (κ3) is 2.94. The highest BCUT2D eigenvalue weighted by molar-refractivity contribution is 5.92. The standard InChI is InChI=1S/C18H19N5O/c1-11(2)16(9-24)23-18-14-7-15(22-17(14)20-10-21-18)13-6-4-3-5-12(13)8-19/h3-7,10-11,16,24H,9H2,1-2H3,(H2,20,21,22,23). The zero-order valence-corrected chi connectivity index (χ0v) is 13.6. The lowest BCUT2D eigenvalue weighted by molar-refractivity contribution is 0.249. The van der Waals surface area contributed by atoms with Crippen molar-refractivity contribution < 1.29 is 5.11 Å². The summed E-state index contributed by atoms with van der Waals surface area (Å²) in [4.78, 5) is 11.8. The highest BCUT2D eigenvalue weighted by Crippen LogP contribution is 2.29. The summed E-state index contributed by atoms with van der Waals surface area (Å²) in [5.41, 5.74) is 2.93. The topological polar surface area (TPSA) is 97.6 Å². The maximum absolute atomic E-state index is 9.53. The molecule has 0 bridgehead atoms. The van der Waals surface area contributed by atoms with E-state index in [0.29, 0.717) is 17.0 Å². The van der Waals surface area contributed by atoms with Crippen LogP contribution in [0.1, 0.15) is 19.4 Å². The fraction of sp³-hybridized carbons (Fsp3) is 0.278. The van der Waals surface area contributed by atoms with E-state index in [1.807, 2.05) is 38.1 Å². The van der Waals surface area contributed by atoms with Crippen molar-refractivity contribution in [2.75, 3.05) is 11.9 Å². The third-order valence-electron chi connectivity index (χ3n) is 4.09.